The van der Waals surface area contributed by atoms with E-state index in [0.717, 1.165) is 84.5 Å². The minimum Gasteiger partial charge on any atom is -0.405 e. The number of nitrogens with one attached hydrogen (secondary N) is 2. The van der Waals surface area contributed by atoms with Crippen molar-refractivity contribution >= 4 is 17.3 Å². The first-order chi connectivity index (χ1) is 19.3. The number of nitrogens with two attached hydrogens (primary N) is 2. The molecule has 1 aliphatic heterocycles. The van der Waals surface area contributed by atoms with E-state index < -0.39 is 0 Å². The summed E-state index contributed by atoms with van der Waals surface area (Å²) in [5.74, 6) is 0.571. The fraction of sp³-hybridized carbons (Fsp3) is 0.438. The van der Waals surface area contributed by atoms with Crippen LogP contribution in [0.25, 0.3) is 0 Å². The average molecular weight is 544 g/mol. The summed E-state index contributed by atoms with van der Waals surface area (Å²) < 4.78 is 0. The summed E-state index contributed by atoms with van der Waals surface area (Å²) in [5.41, 5.74) is 18.3. The third-order valence-corrected chi connectivity index (χ3v) is 7.60. The largest absolute Gasteiger partial charge is 0.405 e. The van der Waals surface area contributed by atoms with Crippen LogP contribution in [0.1, 0.15) is 65.2 Å². The Hall–Kier alpha value is -4.12. The molecule has 8 heteroatoms. The zero-order valence-electron chi connectivity index (χ0n) is 24.5. The van der Waals surface area contributed by atoms with Crippen molar-refractivity contribution in [2.75, 3.05) is 42.9 Å². The van der Waals surface area contributed by atoms with Crippen LogP contribution in [0.2, 0.25) is 0 Å². The molecule has 0 saturated carbocycles. The minimum atomic E-state index is -0.0687. The number of hydrogen-bond donors (Lipinski definition) is 4. The molecular formula is C32H45N7O. The van der Waals surface area contributed by atoms with Gasteiger partial charge in [-0.2, -0.15) is 5.26 Å². The maximum atomic E-state index is 13.4. The first kappa shape index (κ1) is 30.4. The number of carbonyl (C=O) groups excluding carboxylic acids is 1. The second-order valence-electron chi connectivity index (χ2n) is 10.5. The Morgan fingerprint density at radius 2 is 1.90 bits per heavy atom. The van der Waals surface area contributed by atoms with E-state index in [1.54, 1.807) is 12.2 Å². The zero-order valence-corrected chi connectivity index (χ0v) is 24.5. The molecule has 2 aromatic rings. The molecule has 1 saturated heterocycles. The van der Waals surface area contributed by atoms with Crippen molar-refractivity contribution in [1.82, 2.24) is 10.2 Å². The highest BCUT2D eigenvalue weighted by Gasteiger charge is 2.24. The first-order valence-corrected chi connectivity index (χ1v) is 14.3. The van der Waals surface area contributed by atoms with Crippen LogP contribution in [0.3, 0.4) is 0 Å². The van der Waals surface area contributed by atoms with Gasteiger partial charge >= 0.3 is 0 Å². The monoisotopic (exact) mass is 543 g/mol. The highest BCUT2D eigenvalue weighted by Crippen LogP contribution is 2.30. The van der Waals surface area contributed by atoms with Crippen LogP contribution < -0.4 is 27.0 Å². The molecule has 8 nitrogen and oxygen atoms in total. The molecule has 2 aromatic carbocycles. The van der Waals surface area contributed by atoms with Crippen molar-refractivity contribution in [2.24, 2.45) is 11.5 Å². The molecule has 1 aliphatic rings. The molecule has 1 fully saturated rings. The number of unbranched alkanes of at least 4 members (excludes halogenated alkanes) is 1. The predicted octanol–water partition coefficient (Wildman–Crippen LogP) is 4.67. The number of benzene rings is 2. The number of anilines is 2. The highest BCUT2D eigenvalue weighted by atomic mass is 16.1. The molecule has 0 spiro atoms. The summed E-state index contributed by atoms with van der Waals surface area (Å²) in [6, 6.07) is 12.5. The van der Waals surface area contributed by atoms with Crippen LogP contribution >= 0.6 is 0 Å². The highest BCUT2D eigenvalue weighted by molar-refractivity contribution is 5.99. The molecule has 0 unspecified atom stereocenters. The second kappa shape index (κ2) is 14.9. The Labute approximate surface area is 239 Å². The number of hydrogen-bond acceptors (Lipinski definition) is 7. The number of carbonyl (C=O) groups is 1. The lowest BCUT2D eigenvalue weighted by atomic mass is 9.95. The van der Waals surface area contributed by atoms with E-state index in [4.69, 9.17) is 11.5 Å². The van der Waals surface area contributed by atoms with Crippen LogP contribution in [0.4, 0.5) is 11.4 Å². The first-order valence-electron chi connectivity index (χ1n) is 14.3. The minimum absolute atomic E-state index is 0.0687. The summed E-state index contributed by atoms with van der Waals surface area (Å²) >= 11 is 0. The normalized spacial score (nSPS) is 14.3. The van der Waals surface area contributed by atoms with Gasteiger partial charge in [0.2, 0.25) is 0 Å². The number of para-hydroxylation sites is 1. The maximum absolute atomic E-state index is 13.4. The van der Waals surface area contributed by atoms with Gasteiger partial charge in [-0.3, -0.25) is 4.79 Å². The quantitative estimate of drug-likeness (QED) is 0.287. The Bertz CT molecular complexity index is 1250. The van der Waals surface area contributed by atoms with Crippen molar-refractivity contribution < 1.29 is 4.79 Å². The van der Waals surface area contributed by atoms with Gasteiger partial charge in [-0.25, -0.2) is 0 Å². The number of aryl methyl sites for hydroxylation is 2. The fourth-order valence-corrected chi connectivity index (χ4v) is 5.44. The number of rotatable bonds is 12. The van der Waals surface area contributed by atoms with Crippen molar-refractivity contribution in [2.45, 2.75) is 59.4 Å². The number of piperidine rings is 1. The lowest BCUT2D eigenvalue weighted by Crippen LogP contribution is -2.40. The maximum Gasteiger partial charge on any atom is 0.251 e. The molecule has 1 amide bonds. The van der Waals surface area contributed by atoms with E-state index in [-0.39, 0.29) is 5.91 Å². The molecule has 0 atom stereocenters. The smallest absolute Gasteiger partial charge is 0.251 e. The molecule has 3 rings (SSSR count). The fourth-order valence-electron chi connectivity index (χ4n) is 5.44. The van der Waals surface area contributed by atoms with E-state index in [0.29, 0.717) is 25.0 Å². The van der Waals surface area contributed by atoms with Crippen LogP contribution in [-0.2, 0) is 0 Å². The van der Waals surface area contributed by atoms with Crippen molar-refractivity contribution in [3.63, 3.8) is 0 Å². The third kappa shape index (κ3) is 7.72. The molecule has 0 aliphatic carbocycles. The number of nitriles is 1. The summed E-state index contributed by atoms with van der Waals surface area (Å²) in [5, 5.41) is 16.4. The second-order valence-corrected chi connectivity index (χ2v) is 10.5. The summed E-state index contributed by atoms with van der Waals surface area (Å²) in [6.45, 7) is 12.0. The van der Waals surface area contributed by atoms with Crippen LogP contribution in [-0.4, -0.2) is 49.6 Å². The summed E-state index contributed by atoms with van der Waals surface area (Å²) in [7, 11) is 0. The molecular weight excluding hydrogens is 498 g/mol. The molecule has 1 heterocycles. The lowest BCUT2D eigenvalue weighted by molar-refractivity contribution is 0.0948. The molecule has 6 N–H and O–H groups in total. The molecule has 0 radical (unpaired) electrons. The molecule has 214 valence electrons. The lowest BCUT2D eigenvalue weighted by Gasteiger charge is -2.35. The Morgan fingerprint density at radius 1 is 1.18 bits per heavy atom. The van der Waals surface area contributed by atoms with E-state index in [1.807, 2.05) is 38.1 Å². The summed E-state index contributed by atoms with van der Waals surface area (Å²) in [4.78, 5) is 17.7. The van der Waals surface area contributed by atoms with Gasteiger partial charge in [0.15, 0.2) is 0 Å². The van der Waals surface area contributed by atoms with Crippen molar-refractivity contribution in [3.05, 3.63) is 82.3 Å². The SMILES string of the molecule is CCCCN(CCNC(=O)c1c(C)cc(C)c(NC2CCN(c3ccccc3C#N)CC2)c1C)/C(N)=C/C=C\N. The van der Waals surface area contributed by atoms with Gasteiger partial charge in [0, 0.05) is 50.0 Å². The van der Waals surface area contributed by atoms with Gasteiger partial charge in [0.1, 0.15) is 6.07 Å². The van der Waals surface area contributed by atoms with Crippen molar-refractivity contribution in [3.8, 4) is 6.07 Å². The Morgan fingerprint density at radius 3 is 2.58 bits per heavy atom. The Kier molecular flexibility index (Phi) is 11.3. The number of allylic oxidation sites excluding steroid dienone is 2. The average Bonchev–Trinajstić information content (AvgIpc) is 2.95. The molecule has 0 bridgehead atoms. The number of nitrogens with zero attached hydrogens (tertiary/aromatic N) is 3. The van der Waals surface area contributed by atoms with Crippen molar-refractivity contribution in [1.29, 1.82) is 5.26 Å². The topological polar surface area (TPSA) is 123 Å². The standard InChI is InChI=1S/C32H45N7O/c1-5-6-17-39(29(35)12-9-15-33)20-16-36-32(40)30-23(2)21-24(3)31(25(30)4)37-27-13-18-38(19-14-27)28-11-8-7-10-26(28)22-34/h7-12,15,21,27,37H,5-6,13-14,16-20,33,35H2,1-4H3,(H,36,40)/b15-9-,29-12+. The van der Waals surface area contributed by atoms with E-state index >= 15 is 0 Å². The number of amides is 1. The van der Waals surface area contributed by atoms with Gasteiger partial charge in [0.25, 0.3) is 5.91 Å². The third-order valence-electron chi connectivity index (χ3n) is 7.60. The van der Waals surface area contributed by atoms with Crippen LogP contribution in [0.15, 0.2) is 54.5 Å². The van der Waals surface area contributed by atoms with Gasteiger partial charge in [-0.1, -0.05) is 31.5 Å². The zero-order chi connectivity index (χ0) is 29.1. The van der Waals surface area contributed by atoms with Gasteiger partial charge in [-0.15, -0.1) is 0 Å². The van der Waals surface area contributed by atoms with Gasteiger partial charge < -0.3 is 31.9 Å². The van der Waals surface area contributed by atoms with E-state index in [1.165, 1.54) is 6.20 Å². The summed E-state index contributed by atoms with van der Waals surface area (Å²) in [6.07, 6.45) is 8.95. The van der Waals surface area contributed by atoms with Crippen LogP contribution in [0, 0.1) is 32.1 Å². The van der Waals surface area contributed by atoms with E-state index in [2.05, 4.69) is 46.4 Å². The predicted molar refractivity (Wildman–Crippen MR) is 165 cm³/mol. The Balaban J connectivity index is 1.66. The van der Waals surface area contributed by atoms with Gasteiger partial charge in [0.05, 0.1) is 17.1 Å². The van der Waals surface area contributed by atoms with Crippen LogP contribution in [0.5, 0.6) is 0 Å². The molecule has 0 aromatic heterocycles. The van der Waals surface area contributed by atoms with Gasteiger partial charge in [-0.05, 0) is 87.2 Å². The van der Waals surface area contributed by atoms with E-state index in [9.17, 15) is 10.1 Å². The molecule has 40 heavy (non-hydrogen) atoms.